The molecule has 42 heavy (non-hydrogen) atoms. The van der Waals surface area contributed by atoms with Crippen molar-refractivity contribution in [3.05, 3.63) is 71.1 Å². The highest BCUT2D eigenvalue weighted by Crippen LogP contribution is 2.50. The fourth-order valence-corrected chi connectivity index (χ4v) is 7.01. The number of amides is 5. The monoisotopic (exact) mass is 571 g/mol. The summed E-state index contributed by atoms with van der Waals surface area (Å²) in [5.74, 6) is -0.665. The van der Waals surface area contributed by atoms with E-state index in [-0.39, 0.29) is 30.4 Å². The predicted octanol–water partition coefficient (Wildman–Crippen LogP) is 4.29. The van der Waals surface area contributed by atoms with Gasteiger partial charge in [0.15, 0.2) is 0 Å². The Balaban J connectivity index is 1.31. The average Bonchev–Trinajstić information content (AvgIpc) is 3.79. The molecule has 6 rings (SSSR count). The number of fused-ring (bicyclic) bond motifs is 3. The van der Waals surface area contributed by atoms with Gasteiger partial charge in [0.25, 0.3) is 5.91 Å². The second-order valence-electron chi connectivity index (χ2n) is 12.1. The summed E-state index contributed by atoms with van der Waals surface area (Å²) < 4.78 is 6.07. The van der Waals surface area contributed by atoms with Gasteiger partial charge in [-0.05, 0) is 92.7 Å². The summed E-state index contributed by atoms with van der Waals surface area (Å²) in [4.78, 5) is 60.8. The standard InChI is InChI=1S/C32H37N5O5/c1-19(2)14-24-8-6-22-15-25(35-30(40)33-3)9-10-26(22)32(24)29(39)37(31(41)42-32)18-28(38)36-17-23-16-34-13-12-20(23)7-11-27(36)21-4-5-21/h9-10,12-13,15-16,21,24,27H,1,4-8,11,14,17-18H2,2-3H3,(H2,33,35,40)/t24?,27-,32+/m1/s1. The summed E-state index contributed by atoms with van der Waals surface area (Å²) in [6.07, 6.45) is 8.38. The van der Waals surface area contributed by atoms with Crippen LogP contribution < -0.4 is 10.6 Å². The van der Waals surface area contributed by atoms with Crippen molar-refractivity contribution in [1.29, 1.82) is 0 Å². The van der Waals surface area contributed by atoms with Crippen LogP contribution in [0.1, 0.15) is 61.3 Å². The number of imide groups is 1. The van der Waals surface area contributed by atoms with Crippen molar-refractivity contribution in [2.45, 2.75) is 70.1 Å². The zero-order valence-corrected chi connectivity index (χ0v) is 24.2. The molecule has 4 aliphatic rings. The Morgan fingerprint density at radius 2 is 1.88 bits per heavy atom. The lowest BCUT2D eigenvalue weighted by Gasteiger charge is -2.39. The van der Waals surface area contributed by atoms with Crippen molar-refractivity contribution >= 4 is 29.6 Å². The van der Waals surface area contributed by atoms with E-state index in [1.54, 1.807) is 18.3 Å². The Hall–Kier alpha value is -4.21. The largest absolute Gasteiger partial charge is 0.427 e. The molecule has 1 unspecified atom stereocenters. The molecule has 0 bridgehead atoms. The summed E-state index contributed by atoms with van der Waals surface area (Å²) in [5.41, 5.74) is 3.51. The van der Waals surface area contributed by atoms with E-state index in [4.69, 9.17) is 4.74 Å². The van der Waals surface area contributed by atoms with Gasteiger partial charge in [-0.15, -0.1) is 6.58 Å². The van der Waals surface area contributed by atoms with Crippen LogP contribution in [0, 0.1) is 11.8 Å². The molecule has 2 aliphatic heterocycles. The number of rotatable bonds is 6. The number of aryl methyl sites for hydroxylation is 2. The first-order chi connectivity index (χ1) is 20.2. The van der Waals surface area contributed by atoms with E-state index >= 15 is 0 Å². The van der Waals surface area contributed by atoms with E-state index < -0.39 is 17.6 Å². The third-order valence-electron chi connectivity index (χ3n) is 9.19. The van der Waals surface area contributed by atoms with Crippen LogP contribution in [0.25, 0.3) is 0 Å². The topological polar surface area (TPSA) is 121 Å². The number of carbonyl (C=O) groups excluding carboxylic acids is 4. The van der Waals surface area contributed by atoms with Crippen molar-refractivity contribution in [1.82, 2.24) is 20.1 Å². The number of ether oxygens (including phenoxy) is 1. The van der Waals surface area contributed by atoms with Gasteiger partial charge in [-0.25, -0.2) is 14.5 Å². The number of hydrogen-bond acceptors (Lipinski definition) is 6. The van der Waals surface area contributed by atoms with E-state index in [0.717, 1.165) is 47.3 Å². The maximum absolute atomic E-state index is 14.4. The van der Waals surface area contributed by atoms with E-state index in [1.807, 2.05) is 30.2 Å². The van der Waals surface area contributed by atoms with Crippen LogP contribution in [-0.4, -0.2) is 58.4 Å². The molecular formula is C32H37N5O5. The van der Waals surface area contributed by atoms with Gasteiger partial charge < -0.3 is 20.3 Å². The minimum Gasteiger partial charge on any atom is -0.427 e. The number of nitrogens with zero attached hydrogens (tertiary/aromatic N) is 3. The van der Waals surface area contributed by atoms with Gasteiger partial charge in [-0.3, -0.25) is 14.6 Å². The SMILES string of the molecule is C=C(C)CC1CCc2cc(NC(=O)NC)ccc2[C@@]12OC(=O)N(CC(=O)N1Cc3cnccc3CC[C@@H]1C1CC1)C2=O. The van der Waals surface area contributed by atoms with Crippen molar-refractivity contribution in [2.24, 2.45) is 11.8 Å². The predicted molar refractivity (Wildman–Crippen MR) is 155 cm³/mol. The maximum Gasteiger partial charge on any atom is 0.418 e. The van der Waals surface area contributed by atoms with Crippen molar-refractivity contribution in [3.63, 3.8) is 0 Å². The summed E-state index contributed by atoms with van der Waals surface area (Å²) >= 11 is 0. The van der Waals surface area contributed by atoms with E-state index in [0.29, 0.717) is 43.0 Å². The fraction of sp³-hybridized carbons (Fsp3) is 0.469. The summed E-state index contributed by atoms with van der Waals surface area (Å²) in [6, 6.07) is 6.99. The second kappa shape index (κ2) is 10.9. The lowest BCUT2D eigenvalue weighted by molar-refractivity contribution is -0.147. The summed E-state index contributed by atoms with van der Waals surface area (Å²) in [5, 5.41) is 5.29. The zero-order valence-electron chi connectivity index (χ0n) is 24.2. The molecular weight excluding hydrogens is 534 g/mol. The number of pyridine rings is 1. The molecule has 3 heterocycles. The van der Waals surface area contributed by atoms with Gasteiger partial charge in [-0.1, -0.05) is 11.6 Å². The van der Waals surface area contributed by atoms with Crippen LogP contribution in [0.3, 0.4) is 0 Å². The van der Waals surface area contributed by atoms with Crippen LogP contribution in [0.5, 0.6) is 0 Å². The number of allylic oxidation sites excluding steroid dienone is 1. The highest BCUT2D eigenvalue weighted by molar-refractivity contribution is 6.06. The van der Waals surface area contributed by atoms with Crippen molar-refractivity contribution in [3.8, 4) is 0 Å². The molecule has 2 fully saturated rings. The highest BCUT2D eigenvalue weighted by Gasteiger charge is 2.61. The number of benzene rings is 1. The molecule has 1 saturated carbocycles. The normalized spacial score (nSPS) is 24.9. The molecule has 5 amide bonds. The highest BCUT2D eigenvalue weighted by atomic mass is 16.6. The van der Waals surface area contributed by atoms with Gasteiger partial charge in [0.2, 0.25) is 11.5 Å². The summed E-state index contributed by atoms with van der Waals surface area (Å²) in [6.45, 7) is 5.99. The Bertz CT molecular complexity index is 1470. The number of hydrogen-bond donors (Lipinski definition) is 2. The van der Waals surface area contributed by atoms with E-state index in [9.17, 15) is 19.2 Å². The zero-order chi connectivity index (χ0) is 29.6. The number of nitrogens with one attached hydrogen (secondary N) is 2. The molecule has 10 nitrogen and oxygen atoms in total. The third kappa shape index (κ3) is 4.92. The molecule has 3 atom stereocenters. The lowest BCUT2D eigenvalue weighted by Crippen LogP contribution is -2.50. The van der Waals surface area contributed by atoms with Gasteiger partial charge in [0.05, 0.1) is 0 Å². The number of urea groups is 1. The minimum atomic E-state index is -1.55. The molecule has 1 aromatic carbocycles. The maximum atomic E-state index is 14.4. The first kappa shape index (κ1) is 27.9. The van der Waals surface area contributed by atoms with Gasteiger partial charge in [-0.2, -0.15) is 0 Å². The number of aromatic nitrogens is 1. The molecule has 1 spiro atoms. The van der Waals surface area contributed by atoms with Crippen LogP contribution in [0.15, 0.2) is 48.8 Å². The van der Waals surface area contributed by atoms with E-state index in [2.05, 4.69) is 22.2 Å². The summed E-state index contributed by atoms with van der Waals surface area (Å²) in [7, 11) is 1.53. The molecule has 220 valence electrons. The van der Waals surface area contributed by atoms with Crippen LogP contribution in [-0.2, 0) is 39.3 Å². The minimum absolute atomic E-state index is 0.0606. The molecule has 10 heteroatoms. The quantitative estimate of drug-likeness (QED) is 0.499. The molecule has 2 aromatic rings. The molecule has 0 radical (unpaired) electrons. The number of carbonyl (C=O) groups is 4. The van der Waals surface area contributed by atoms with E-state index in [1.165, 1.54) is 12.6 Å². The molecule has 2 N–H and O–H groups in total. The van der Waals surface area contributed by atoms with Crippen molar-refractivity contribution in [2.75, 3.05) is 18.9 Å². The third-order valence-corrected chi connectivity index (χ3v) is 9.19. The van der Waals surface area contributed by atoms with Crippen molar-refractivity contribution < 1.29 is 23.9 Å². The Kier molecular flexibility index (Phi) is 7.24. The smallest absolute Gasteiger partial charge is 0.418 e. The van der Waals surface area contributed by atoms with Gasteiger partial charge in [0, 0.05) is 49.2 Å². The fourth-order valence-electron chi connectivity index (χ4n) is 7.01. The lowest BCUT2D eigenvalue weighted by atomic mass is 9.68. The average molecular weight is 572 g/mol. The molecule has 1 aromatic heterocycles. The Morgan fingerprint density at radius 3 is 2.62 bits per heavy atom. The van der Waals surface area contributed by atoms with Crippen LogP contribution >= 0.6 is 0 Å². The number of anilines is 1. The second-order valence-corrected chi connectivity index (χ2v) is 12.1. The molecule has 2 aliphatic carbocycles. The van der Waals surface area contributed by atoms with Crippen LogP contribution in [0.2, 0.25) is 0 Å². The van der Waals surface area contributed by atoms with Crippen LogP contribution in [0.4, 0.5) is 15.3 Å². The Morgan fingerprint density at radius 1 is 1.10 bits per heavy atom. The van der Waals surface area contributed by atoms with Gasteiger partial charge >= 0.3 is 12.1 Å². The first-order valence-corrected chi connectivity index (χ1v) is 14.7. The molecule has 1 saturated heterocycles. The van der Waals surface area contributed by atoms with Gasteiger partial charge in [0.1, 0.15) is 6.54 Å². The Labute approximate surface area is 245 Å². The first-order valence-electron chi connectivity index (χ1n) is 14.7.